The van der Waals surface area contributed by atoms with E-state index in [9.17, 15) is 4.79 Å². The summed E-state index contributed by atoms with van der Waals surface area (Å²) in [6.07, 6.45) is 9.03. The SMILES string of the molecule is CSC1CCCC(NC(=O)c2cccc3c2CCCN3)C1.Cl. The summed E-state index contributed by atoms with van der Waals surface area (Å²) in [7, 11) is 0. The summed E-state index contributed by atoms with van der Waals surface area (Å²) in [6.45, 7) is 1.01. The second-order valence-electron chi connectivity index (χ2n) is 6.06. The van der Waals surface area contributed by atoms with Crippen LogP contribution in [0.3, 0.4) is 0 Å². The number of rotatable bonds is 3. The van der Waals surface area contributed by atoms with Gasteiger partial charge < -0.3 is 10.6 Å². The number of thioether (sulfide) groups is 1. The topological polar surface area (TPSA) is 41.1 Å². The Hall–Kier alpha value is -0.870. The molecule has 0 radical (unpaired) electrons. The zero-order valence-electron chi connectivity index (χ0n) is 13.1. The van der Waals surface area contributed by atoms with Crippen LogP contribution in [0.2, 0.25) is 0 Å². The minimum Gasteiger partial charge on any atom is -0.385 e. The Bertz CT molecular complexity index is 523. The Morgan fingerprint density at radius 3 is 3.00 bits per heavy atom. The van der Waals surface area contributed by atoms with Crippen LogP contribution in [0.4, 0.5) is 5.69 Å². The number of benzene rings is 1. The molecule has 2 N–H and O–H groups in total. The quantitative estimate of drug-likeness (QED) is 0.877. The van der Waals surface area contributed by atoms with Crippen LogP contribution < -0.4 is 10.6 Å². The molecule has 0 bridgehead atoms. The number of hydrogen-bond acceptors (Lipinski definition) is 3. The van der Waals surface area contributed by atoms with Crippen molar-refractivity contribution in [1.82, 2.24) is 5.32 Å². The van der Waals surface area contributed by atoms with Gasteiger partial charge in [0.2, 0.25) is 0 Å². The van der Waals surface area contributed by atoms with Gasteiger partial charge in [-0.25, -0.2) is 0 Å². The van der Waals surface area contributed by atoms with E-state index >= 15 is 0 Å². The van der Waals surface area contributed by atoms with E-state index in [1.807, 2.05) is 23.9 Å². The summed E-state index contributed by atoms with van der Waals surface area (Å²) in [5.74, 6) is 0.113. The number of fused-ring (bicyclic) bond motifs is 1. The van der Waals surface area contributed by atoms with Gasteiger partial charge in [-0.3, -0.25) is 4.79 Å². The number of carbonyl (C=O) groups excluding carboxylic acids is 1. The summed E-state index contributed by atoms with van der Waals surface area (Å²) < 4.78 is 0. The molecular weight excluding hydrogens is 316 g/mol. The fraction of sp³-hybridized carbons (Fsp3) is 0.588. The van der Waals surface area contributed by atoms with E-state index in [1.165, 1.54) is 18.4 Å². The van der Waals surface area contributed by atoms with Crippen LogP contribution in [0, 0.1) is 0 Å². The zero-order valence-corrected chi connectivity index (χ0v) is 14.7. The summed E-state index contributed by atoms with van der Waals surface area (Å²) in [5, 5.41) is 7.37. The Labute approximate surface area is 143 Å². The van der Waals surface area contributed by atoms with Crippen LogP contribution in [-0.4, -0.2) is 30.0 Å². The molecule has 0 aromatic heterocycles. The molecule has 5 heteroatoms. The maximum atomic E-state index is 12.6. The van der Waals surface area contributed by atoms with Crippen molar-refractivity contribution in [2.75, 3.05) is 18.1 Å². The van der Waals surface area contributed by atoms with E-state index < -0.39 is 0 Å². The summed E-state index contributed by atoms with van der Waals surface area (Å²) in [5.41, 5.74) is 3.20. The number of nitrogens with one attached hydrogen (secondary N) is 2. The lowest BCUT2D eigenvalue weighted by Gasteiger charge is -2.29. The van der Waals surface area contributed by atoms with Crippen molar-refractivity contribution < 1.29 is 4.79 Å². The Morgan fingerprint density at radius 2 is 2.18 bits per heavy atom. The van der Waals surface area contributed by atoms with E-state index in [-0.39, 0.29) is 18.3 Å². The minimum atomic E-state index is 0. The molecule has 1 amide bonds. The molecule has 1 aromatic carbocycles. The highest BCUT2D eigenvalue weighted by molar-refractivity contribution is 7.99. The molecule has 0 saturated heterocycles. The second kappa shape index (κ2) is 8.11. The highest BCUT2D eigenvalue weighted by atomic mass is 35.5. The molecule has 122 valence electrons. The Kier molecular flexibility index (Phi) is 6.45. The Balaban J connectivity index is 0.00000176. The minimum absolute atomic E-state index is 0. The van der Waals surface area contributed by atoms with Gasteiger partial charge in [0.15, 0.2) is 0 Å². The van der Waals surface area contributed by atoms with Crippen molar-refractivity contribution in [3.8, 4) is 0 Å². The van der Waals surface area contributed by atoms with Crippen molar-refractivity contribution in [3.05, 3.63) is 29.3 Å². The predicted molar refractivity (Wildman–Crippen MR) is 97.5 cm³/mol. The van der Waals surface area contributed by atoms with Crippen LogP contribution >= 0.6 is 24.2 Å². The molecule has 1 aromatic rings. The lowest BCUT2D eigenvalue weighted by Crippen LogP contribution is -2.39. The normalized spacial score (nSPS) is 23.7. The molecule has 1 saturated carbocycles. The molecule has 2 unspecified atom stereocenters. The van der Waals surface area contributed by atoms with E-state index in [1.54, 1.807) is 0 Å². The van der Waals surface area contributed by atoms with Gasteiger partial charge in [0.1, 0.15) is 0 Å². The molecule has 1 fully saturated rings. The van der Waals surface area contributed by atoms with Gasteiger partial charge in [-0.15, -0.1) is 12.4 Å². The van der Waals surface area contributed by atoms with Crippen LogP contribution in [0.25, 0.3) is 0 Å². The van der Waals surface area contributed by atoms with Crippen molar-refractivity contribution in [2.45, 2.75) is 49.8 Å². The Morgan fingerprint density at radius 1 is 1.32 bits per heavy atom. The standard InChI is InChI=1S/C17H24N2OS.ClH/c1-21-13-6-2-5-12(11-13)19-17(20)15-7-3-9-16-14(15)8-4-10-18-16;/h3,7,9,12-13,18H,2,4-6,8,10-11H2,1H3,(H,19,20);1H. The van der Waals surface area contributed by atoms with Crippen LogP contribution in [0.5, 0.6) is 0 Å². The van der Waals surface area contributed by atoms with Gasteiger partial charge in [0, 0.05) is 29.1 Å². The van der Waals surface area contributed by atoms with Gasteiger partial charge in [-0.05, 0) is 56.1 Å². The number of hydrogen-bond donors (Lipinski definition) is 2. The maximum absolute atomic E-state index is 12.6. The third kappa shape index (κ3) is 3.90. The molecule has 1 aliphatic carbocycles. The molecule has 1 aliphatic heterocycles. The third-order valence-corrected chi connectivity index (χ3v) is 5.73. The van der Waals surface area contributed by atoms with Gasteiger partial charge in [-0.1, -0.05) is 12.5 Å². The summed E-state index contributed by atoms with van der Waals surface area (Å²) >= 11 is 1.93. The average molecular weight is 341 g/mol. The highest BCUT2D eigenvalue weighted by Gasteiger charge is 2.24. The van der Waals surface area contributed by atoms with E-state index in [0.29, 0.717) is 11.3 Å². The molecule has 1 heterocycles. The highest BCUT2D eigenvalue weighted by Crippen LogP contribution is 2.28. The van der Waals surface area contributed by atoms with Crippen molar-refractivity contribution >= 4 is 35.8 Å². The van der Waals surface area contributed by atoms with Crippen molar-refractivity contribution in [1.29, 1.82) is 0 Å². The van der Waals surface area contributed by atoms with Gasteiger partial charge >= 0.3 is 0 Å². The van der Waals surface area contributed by atoms with Crippen molar-refractivity contribution in [2.24, 2.45) is 0 Å². The zero-order chi connectivity index (χ0) is 14.7. The molecule has 3 nitrogen and oxygen atoms in total. The molecule has 22 heavy (non-hydrogen) atoms. The van der Waals surface area contributed by atoms with E-state index in [4.69, 9.17) is 0 Å². The predicted octanol–water partition coefficient (Wildman–Crippen LogP) is 3.87. The lowest BCUT2D eigenvalue weighted by molar-refractivity contribution is 0.0927. The fourth-order valence-electron chi connectivity index (χ4n) is 3.48. The van der Waals surface area contributed by atoms with Gasteiger partial charge in [0.25, 0.3) is 5.91 Å². The van der Waals surface area contributed by atoms with Crippen LogP contribution in [0.15, 0.2) is 18.2 Å². The number of anilines is 1. The largest absolute Gasteiger partial charge is 0.385 e. The lowest BCUT2D eigenvalue weighted by atomic mass is 9.93. The first-order chi connectivity index (χ1) is 10.3. The van der Waals surface area contributed by atoms with Crippen LogP contribution in [-0.2, 0) is 6.42 Å². The molecule has 3 rings (SSSR count). The van der Waals surface area contributed by atoms with E-state index in [0.717, 1.165) is 43.5 Å². The van der Waals surface area contributed by atoms with Crippen LogP contribution in [0.1, 0.15) is 48.0 Å². The van der Waals surface area contributed by atoms with E-state index in [2.05, 4.69) is 23.0 Å². The molecular formula is C17H25ClN2OS. The smallest absolute Gasteiger partial charge is 0.251 e. The van der Waals surface area contributed by atoms with Crippen molar-refractivity contribution in [3.63, 3.8) is 0 Å². The second-order valence-corrected chi connectivity index (χ2v) is 7.19. The first kappa shape index (κ1) is 17.5. The fourth-order valence-corrected chi connectivity index (χ4v) is 4.30. The molecule has 0 spiro atoms. The first-order valence-corrected chi connectivity index (χ1v) is 9.26. The summed E-state index contributed by atoms with van der Waals surface area (Å²) in [4.78, 5) is 12.6. The number of halogens is 1. The van der Waals surface area contributed by atoms with Gasteiger partial charge in [-0.2, -0.15) is 11.8 Å². The van der Waals surface area contributed by atoms with Gasteiger partial charge in [0.05, 0.1) is 0 Å². The molecule has 2 aliphatic rings. The average Bonchev–Trinajstić information content (AvgIpc) is 2.54. The third-order valence-electron chi connectivity index (χ3n) is 4.63. The number of carbonyl (C=O) groups is 1. The number of amides is 1. The summed E-state index contributed by atoms with van der Waals surface area (Å²) in [6, 6.07) is 6.37. The molecule has 2 atom stereocenters. The monoisotopic (exact) mass is 340 g/mol. The first-order valence-electron chi connectivity index (χ1n) is 7.97. The maximum Gasteiger partial charge on any atom is 0.251 e.